The largest absolute Gasteiger partial charge is 0.338 e. The molecule has 0 unspecified atom stereocenters. The zero-order chi connectivity index (χ0) is 16.8. The smallest absolute Gasteiger partial charge is 0.319 e. The van der Waals surface area contributed by atoms with Gasteiger partial charge in [-0.2, -0.15) is 0 Å². The Bertz CT molecular complexity index is 722. The zero-order valence-corrected chi connectivity index (χ0v) is 14.2. The summed E-state index contributed by atoms with van der Waals surface area (Å²) in [5, 5.41) is 16.2. The topological polar surface area (TPSA) is 84.3 Å². The van der Waals surface area contributed by atoms with Crippen LogP contribution in [0.2, 0.25) is 5.02 Å². The van der Waals surface area contributed by atoms with E-state index >= 15 is 0 Å². The molecule has 2 aromatic rings. The molecule has 0 aromatic heterocycles. The Morgan fingerprint density at radius 1 is 1.22 bits per heavy atom. The number of amides is 2. The second-order valence-corrected chi connectivity index (χ2v) is 6.00. The van der Waals surface area contributed by atoms with Crippen LogP contribution in [-0.2, 0) is 6.42 Å². The van der Waals surface area contributed by atoms with Crippen LogP contribution in [0.15, 0.2) is 46.9 Å². The molecule has 2 rings (SSSR count). The second kappa shape index (κ2) is 7.94. The second-order valence-electron chi connectivity index (χ2n) is 4.68. The van der Waals surface area contributed by atoms with Crippen LogP contribution in [0.4, 0.5) is 16.2 Å². The van der Waals surface area contributed by atoms with E-state index in [1.165, 1.54) is 18.2 Å². The van der Waals surface area contributed by atoms with Crippen LogP contribution in [0.25, 0.3) is 0 Å². The highest BCUT2D eigenvalue weighted by atomic mass is 79.9. The van der Waals surface area contributed by atoms with E-state index in [1.807, 2.05) is 24.3 Å². The number of nitrogens with zero attached hydrogens (tertiary/aromatic N) is 1. The van der Waals surface area contributed by atoms with E-state index in [-0.39, 0.29) is 16.4 Å². The maximum Gasteiger partial charge on any atom is 0.319 e. The first-order valence-corrected chi connectivity index (χ1v) is 7.86. The number of nitro groups is 1. The molecule has 120 valence electrons. The van der Waals surface area contributed by atoms with E-state index < -0.39 is 11.0 Å². The molecule has 0 spiro atoms. The molecule has 0 heterocycles. The lowest BCUT2D eigenvalue weighted by atomic mass is 10.1. The van der Waals surface area contributed by atoms with Gasteiger partial charge in [-0.1, -0.05) is 39.7 Å². The summed E-state index contributed by atoms with van der Waals surface area (Å²) >= 11 is 9.28. The molecule has 8 heteroatoms. The van der Waals surface area contributed by atoms with Crippen LogP contribution in [0.5, 0.6) is 0 Å². The average Bonchev–Trinajstić information content (AvgIpc) is 2.51. The first-order valence-electron chi connectivity index (χ1n) is 6.69. The third-order valence-electron chi connectivity index (χ3n) is 3.02. The maximum atomic E-state index is 11.8. The third kappa shape index (κ3) is 5.22. The lowest BCUT2D eigenvalue weighted by molar-refractivity contribution is -0.384. The van der Waals surface area contributed by atoms with Crippen LogP contribution < -0.4 is 10.6 Å². The summed E-state index contributed by atoms with van der Waals surface area (Å²) in [6, 6.07) is 11.2. The quantitative estimate of drug-likeness (QED) is 0.579. The molecule has 2 amide bonds. The number of benzene rings is 2. The van der Waals surface area contributed by atoms with Gasteiger partial charge in [0.05, 0.1) is 15.6 Å². The molecule has 2 N–H and O–H groups in total. The lowest BCUT2D eigenvalue weighted by Gasteiger charge is -2.09. The van der Waals surface area contributed by atoms with Crippen molar-refractivity contribution in [2.24, 2.45) is 0 Å². The number of hydrogen-bond acceptors (Lipinski definition) is 3. The number of hydrogen-bond donors (Lipinski definition) is 2. The van der Waals surface area contributed by atoms with Gasteiger partial charge >= 0.3 is 6.03 Å². The van der Waals surface area contributed by atoms with Crippen LogP contribution in [-0.4, -0.2) is 17.5 Å². The average molecular weight is 399 g/mol. The summed E-state index contributed by atoms with van der Waals surface area (Å²) in [6.45, 7) is 0.431. The number of nitrogens with one attached hydrogen (secondary N) is 2. The SMILES string of the molecule is O=C(NCCc1ccc(Br)cc1)Nc1cc([N+](=O)[O-])ccc1Cl. The van der Waals surface area contributed by atoms with E-state index in [0.717, 1.165) is 10.0 Å². The van der Waals surface area contributed by atoms with Gasteiger partial charge in [0.2, 0.25) is 0 Å². The Labute approximate surface area is 146 Å². The molecule has 0 aliphatic rings. The molecular weight excluding hydrogens is 386 g/mol. The predicted molar refractivity (Wildman–Crippen MR) is 93.0 cm³/mol. The van der Waals surface area contributed by atoms with Gasteiger partial charge in [0.1, 0.15) is 0 Å². The summed E-state index contributed by atoms with van der Waals surface area (Å²) in [4.78, 5) is 22.0. The molecule has 0 aliphatic carbocycles. The Morgan fingerprint density at radius 2 is 1.91 bits per heavy atom. The van der Waals surface area contributed by atoms with E-state index in [2.05, 4.69) is 26.6 Å². The van der Waals surface area contributed by atoms with Crippen molar-refractivity contribution in [3.05, 3.63) is 67.6 Å². The van der Waals surface area contributed by atoms with Gasteiger partial charge < -0.3 is 10.6 Å². The molecular formula is C15H13BrClN3O3. The highest BCUT2D eigenvalue weighted by Gasteiger charge is 2.11. The lowest BCUT2D eigenvalue weighted by Crippen LogP contribution is -2.30. The van der Waals surface area contributed by atoms with E-state index in [4.69, 9.17) is 11.6 Å². The van der Waals surface area contributed by atoms with Gasteiger partial charge in [-0.15, -0.1) is 0 Å². The van der Waals surface area contributed by atoms with Crippen molar-refractivity contribution in [3.63, 3.8) is 0 Å². The monoisotopic (exact) mass is 397 g/mol. The number of urea groups is 1. The summed E-state index contributed by atoms with van der Waals surface area (Å²) in [6.07, 6.45) is 0.670. The number of nitro benzene ring substituents is 1. The summed E-state index contributed by atoms with van der Waals surface area (Å²) in [5.74, 6) is 0. The van der Waals surface area contributed by atoms with E-state index in [1.54, 1.807) is 0 Å². The molecule has 0 saturated heterocycles. The number of halogens is 2. The number of carbonyl (C=O) groups excluding carboxylic acids is 1. The zero-order valence-electron chi connectivity index (χ0n) is 11.9. The van der Waals surface area contributed by atoms with Crippen molar-refractivity contribution in [1.82, 2.24) is 5.32 Å². The molecule has 0 bridgehead atoms. The van der Waals surface area contributed by atoms with Gasteiger partial charge in [-0.05, 0) is 30.2 Å². The van der Waals surface area contributed by atoms with E-state index in [9.17, 15) is 14.9 Å². The van der Waals surface area contributed by atoms with Gasteiger partial charge in [-0.25, -0.2) is 4.79 Å². The van der Waals surface area contributed by atoms with Gasteiger partial charge in [0, 0.05) is 23.2 Å². The minimum Gasteiger partial charge on any atom is -0.338 e. The normalized spacial score (nSPS) is 10.2. The molecule has 6 nitrogen and oxygen atoms in total. The van der Waals surface area contributed by atoms with Crippen LogP contribution in [0.3, 0.4) is 0 Å². The molecule has 0 aliphatic heterocycles. The van der Waals surface area contributed by atoms with Gasteiger partial charge in [-0.3, -0.25) is 10.1 Å². The maximum absolute atomic E-state index is 11.8. The molecule has 0 saturated carbocycles. The fraction of sp³-hybridized carbons (Fsp3) is 0.133. The molecule has 0 atom stereocenters. The molecule has 0 fully saturated rings. The Morgan fingerprint density at radius 3 is 2.57 bits per heavy atom. The fourth-order valence-electron chi connectivity index (χ4n) is 1.86. The number of rotatable bonds is 5. The Hall–Kier alpha value is -2.12. The van der Waals surface area contributed by atoms with Gasteiger partial charge in [0.15, 0.2) is 0 Å². The molecule has 2 aromatic carbocycles. The minimum atomic E-state index is -0.549. The fourth-order valence-corrected chi connectivity index (χ4v) is 2.29. The van der Waals surface area contributed by atoms with Gasteiger partial charge in [0.25, 0.3) is 5.69 Å². The minimum absolute atomic E-state index is 0.139. The van der Waals surface area contributed by atoms with Crippen molar-refractivity contribution in [1.29, 1.82) is 0 Å². The summed E-state index contributed by atoms with van der Waals surface area (Å²) < 4.78 is 0.993. The van der Waals surface area contributed by atoms with Crippen molar-refractivity contribution < 1.29 is 9.72 Å². The van der Waals surface area contributed by atoms with Crippen molar-refractivity contribution in [2.75, 3.05) is 11.9 Å². The highest BCUT2D eigenvalue weighted by Crippen LogP contribution is 2.26. The predicted octanol–water partition coefficient (Wildman–Crippen LogP) is 4.37. The summed E-state index contributed by atoms with van der Waals surface area (Å²) in [5.41, 5.74) is 1.14. The number of non-ortho nitro benzene ring substituents is 1. The van der Waals surface area contributed by atoms with E-state index in [0.29, 0.717) is 13.0 Å². The highest BCUT2D eigenvalue weighted by molar-refractivity contribution is 9.10. The van der Waals surface area contributed by atoms with Crippen molar-refractivity contribution in [2.45, 2.75) is 6.42 Å². The van der Waals surface area contributed by atoms with Crippen molar-refractivity contribution in [3.8, 4) is 0 Å². The summed E-state index contributed by atoms with van der Waals surface area (Å²) in [7, 11) is 0. The first kappa shape index (κ1) is 17.2. The third-order valence-corrected chi connectivity index (χ3v) is 3.88. The van der Waals surface area contributed by atoms with Crippen LogP contribution >= 0.6 is 27.5 Å². The Balaban J connectivity index is 1.88. The molecule has 23 heavy (non-hydrogen) atoms. The van der Waals surface area contributed by atoms with Crippen LogP contribution in [0, 0.1) is 10.1 Å². The van der Waals surface area contributed by atoms with Crippen molar-refractivity contribution >= 4 is 44.9 Å². The first-order chi connectivity index (χ1) is 11.0. The number of anilines is 1. The Kier molecular flexibility index (Phi) is 5.95. The van der Waals surface area contributed by atoms with Crippen LogP contribution in [0.1, 0.15) is 5.56 Å². The standard InChI is InChI=1S/C15H13BrClN3O3/c16-11-3-1-10(2-4-11)7-8-18-15(21)19-14-9-12(20(22)23)5-6-13(14)17/h1-6,9H,7-8H2,(H2,18,19,21). The number of carbonyl (C=O) groups is 1. The molecule has 0 radical (unpaired) electrons.